The number of aromatic nitrogens is 1. The highest BCUT2D eigenvalue weighted by Gasteiger charge is 2.43. The first-order chi connectivity index (χ1) is 9.21. The summed E-state index contributed by atoms with van der Waals surface area (Å²) in [5, 5.41) is 3.28. The molecule has 1 unspecified atom stereocenters. The van der Waals surface area contributed by atoms with E-state index in [2.05, 4.69) is 40.7 Å². The van der Waals surface area contributed by atoms with Crippen LogP contribution in [0.3, 0.4) is 0 Å². The highest BCUT2D eigenvalue weighted by atomic mass is 32.1. The summed E-state index contributed by atoms with van der Waals surface area (Å²) < 4.78 is 0. The smallest absolute Gasteiger partial charge is 0.0943 e. The van der Waals surface area contributed by atoms with Gasteiger partial charge in [-0.2, -0.15) is 0 Å². The SMILES string of the molecule is Cc1csc(CC(N)C2(c3ccccc3)CCC2)n1. The van der Waals surface area contributed by atoms with E-state index in [0.717, 1.165) is 12.1 Å². The van der Waals surface area contributed by atoms with E-state index < -0.39 is 0 Å². The Kier molecular flexibility index (Phi) is 3.42. The maximum absolute atomic E-state index is 6.55. The van der Waals surface area contributed by atoms with Crippen LogP contribution in [0.2, 0.25) is 0 Å². The minimum absolute atomic E-state index is 0.175. The summed E-state index contributed by atoms with van der Waals surface area (Å²) in [5.41, 5.74) is 9.25. The molecule has 0 spiro atoms. The summed E-state index contributed by atoms with van der Waals surface area (Å²) in [4.78, 5) is 4.55. The molecule has 0 saturated heterocycles. The van der Waals surface area contributed by atoms with Crippen LogP contribution in [-0.2, 0) is 11.8 Å². The zero-order valence-corrected chi connectivity index (χ0v) is 12.1. The van der Waals surface area contributed by atoms with E-state index in [1.165, 1.54) is 29.8 Å². The molecule has 1 heterocycles. The van der Waals surface area contributed by atoms with Crippen LogP contribution in [0.5, 0.6) is 0 Å². The Hall–Kier alpha value is -1.19. The lowest BCUT2D eigenvalue weighted by Crippen LogP contribution is -2.51. The zero-order valence-electron chi connectivity index (χ0n) is 11.3. The van der Waals surface area contributed by atoms with Gasteiger partial charge < -0.3 is 5.73 Å². The van der Waals surface area contributed by atoms with Crippen LogP contribution in [0.15, 0.2) is 35.7 Å². The number of benzene rings is 1. The fourth-order valence-corrected chi connectivity index (χ4v) is 3.91. The Morgan fingerprint density at radius 3 is 2.58 bits per heavy atom. The molecule has 1 saturated carbocycles. The van der Waals surface area contributed by atoms with E-state index in [4.69, 9.17) is 5.73 Å². The second kappa shape index (κ2) is 5.06. The molecule has 3 rings (SSSR count). The average molecular weight is 272 g/mol. The molecule has 19 heavy (non-hydrogen) atoms. The lowest BCUT2D eigenvalue weighted by atomic mass is 9.60. The standard InChI is InChI=1S/C16H20N2S/c1-12-11-19-15(18-12)10-14(17)16(8-5-9-16)13-6-3-2-4-7-13/h2-4,6-7,11,14H,5,8-10,17H2,1H3. The molecule has 2 nitrogen and oxygen atoms in total. The fourth-order valence-electron chi connectivity index (χ4n) is 3.08. The Bertz CT molecular complexity index is 543. The highest BCUT2D eigenvalue weighted by molar-refractivity contribution is 7.09. The molecule has 100 valence electrons. The van der Waals surface area contributed by atoms with E-state index >= 15 is 0 Å². The van der Waals surface area contributed by atoms with Gasteiger partial charge in [0.2, 0.25) is 0 Å². The molecule has 0 radical (unpaired) electrons. The normalized spacial score (nSPS) is 18.8. The molecule has 3 heteroatoms. The van der Waals surface area contributed by atoms with Crippen molar-refractivity contribution in [2.75, 3.05) is 0 Å². The van der Waals surface area contributed by atoms with Gasteiger partial charge in [-0.3, -0.25) is 0 Å². The van der Waals surface area contributed by atoms with Gasteiger partial charge in [0, 0.05) is 29.0 Å². The topological polar surface area (TPSA) is 38.9 Å². The summed E-state index contributed by atoms with van der Waals surface area (Å²) >= 11 is 1.73. The molecule has 0 amide bonds. The van der Waals surface area contributed by atoms with Crippen molar-refractivity contribution in [3.05, 3.63) is 52.0 Å². The molecule has 1 aromatic heterocycles. The predicted octanol–water partition coefficient (Wildman–Crippen LogP) is 3.44. The van der Waals surface area contributed by atoms with Gasteiger partial charge in [0.05, 0.1) is 5.01 Å². The number of aryl methyl sites for hydroxylation is 1. The quantitative estimate of drug-likeness (QED) is 0.926. The number of rotatable bonds is 4. The van der Waals surface area contributed by atoms with Crippen LogP contribution in [-0.4, -0.2) is 11.0 Å². The summed E-state index contributed by atoms with van der Waals surface area (Å²) in [6.07, 6.45) is 4.61. The molecular weight excluding hydrogens is 252 g/mol. The van der Waals surface area contributed by atoms with Gasteiger partial charge in [-0.25, -0.2) is 4.98 Å². The van der Waals surface area contributed by atoms with Gasteiger partial charge >= 0.3 is 0 Å². The van der Waals surface area contributed by atoms with Crippen molar-refractivity contribution in [3.63, 3.8) is 0 Å². The highest BCUT2D eigenvalue weighted by Crippen LogP contribution is 2.46. The van der Waals surface area contributed by atoms with Gasteiger partial charge in [0.1, 0.15) is 0 Å². The lowest BCUT2D eigenvalue weighted by molar-refractivity contribution is 0.194. The van der Waals surface area contributed by atoms with Crippen molar-refractivity contribution in [1.82, 2.24) is 4.98 Å². The van der Waals surface area contributed by atoms with Crippen molar-refractivity contribution >= 4 is 11.3 Å². The maximum atomic E-state index is 6.55. The summed E-state index contributed by atoms with van der Waals surface area (Å²) in [6, 6.07) is 10.9. The van der Waals surface area contributed by atoms with E-state index in [-0.39, 0.29) is 11.5 Å². The molecular formula is C16H20N2S. The third-order valence-electron chi connectivity index (χ3n) is 4.37. The van der Waals surface area contributed by atoms with Gasteiger partial charge in [0.15, 0.2) is 0 Å². The average Bonchev–Trinajstić information content (AvgIpc) is 2.75. The van der Waals surface area contributed by atoms with Gasteiger partial charge in [-0.1, -0.05) is 36.8 Å². The number of hydrogen-bond acceptors (Lipinski definition) is 3. The van der Waals surface area contributed by atoms with E-state index in [1.807, 2.05) is 6.92 Å². The van der Waals surface area contributed by atoms with Crippen molar-refractivity contribution in [2.24, 2.45) is 5.73 Å². The molecule has 1 fully saturated rings. The first-order valence-corrected chi connectivity index (χ1v) is 7.81. The lowest BCUT2D eigenvalue weighted by Gasteiger charge is -2.47. The predicted molar refractivity (Wildman–Crippen MR) is 80.5 cm³/mol. The Labute approximate surface area is 118 Å². The van der Waals surface area contributed by atoms with E-state index in [9.17, 15) is 0 Å². The van der Waals surface area contributed by atoms with Crippen LogP contribution in [0.25, 0.3) is 0 Å². The molecule has 2 aromatic rings. The maximum Gasteiger partial charge on any atom is 0.0943 e. The second-order valence-corrected chi connectivity index (χ2v) is 6.51. The second-order valence-electron chi connectivity index (χ2n) is 5.57. The number of hydrogen-bond donors (Lipinski definition) is 1. The van der Waals surface area contributed by atoms with Crippen LogP contribution < -0.4 is 5.73 Å². The van der Waals surface area contributed by atoms with E-state index in [0.29, 0.717) is 0 Å². The number of nitrogens with zero attached hydrogens (tertiary/aromatic N) is 1. The Morgan fingerprint density at radius 2 is 2.05 bits per heavy atom. The number of nitrogens with two attached hydrogens (primary N) is 1. The van der Waals surface area contributed by atoms with Crippen molar-refractivity contribution in [1.29, 1.82) is 0 Å². The molecule has 0 bridgehead atoms. The minimum atomic E-state index is 0.175. The van der Waals surface area contributed by atoms with Gasteiger partial charge in [-0.05, 0) is 25.3 Å². The Morgan fingerprint density at radius 1 is 1.32 bits per heavy atom. The molecule has 1 aliphatic rings. The van der Waals surface area contributed by atoms with Crippen molar-refractivity contribution < 1.29 is 0 Å². The molecule has 0 aliphatic heterocycles. The Balaban J connectivity index is 1.82. The first-order valence-electron chi connectivity index (χ1n) is 6.93. The van der Waals surface area contributed by atoms with Crippen LogP contribution in [0.4, 0.5) is 0 Å². The third-order valence-corrected chi connectivity index (χ3v) is 5.35. The largest absolute Gasteiger partial charge is 0.327 e. The summed E-state index contributed by atoms with van der Waals surface area (Å²) in [6.45, 7) is 2.04. The molecule has 2 N–H and O–H groups in total. The minimum Gasteiger partial charge on any atom is -0.327 e. The van der Waals surface area contributed by atoms with Gasteiger partial charge in [0.25, 0.3) is 0 Å². The molecule has 1 aromatic carbocycles. The summed E-state index contributed by atoms with van der Waals surface area (Å²) in [5.74, 6) is 0. The summed E-state index contributed by atoms with van der Waals surface area (Å²) in [7, 11) is 0. The van der Waals surface area contributed by atoms with Crippen LogP contribution in [0, 0.1) is 6.92 Å². The van der Waals surface area contributed by atoms with Crippen LogP contribution in [0.1, 0.15) is 35.5 Å². The molecule has 1 aliphatic carbocycles. The van der Waals surface area contributed by atoms with Crippen molar-refractivity contribution in [3.8, 4) is 0 Å². The number of thiazole rings is 1. The monoisotopic (exact) mass is 272 g/mol. The first kappa shape index (κ1) is 12.8. The molecule has 1 atom stereocenters. The van der Waals surface area contributed by atoms with Crippen molar-refractivity contribution in [2.45, 2.75) is 44.1 Å². The zero-order chi connectivity index (χ0) is 13.3. The van der Waals surface area contributed by atoms with Crippen LogP contribution >= 0.6 is 11.3 Å². The fraction of sp³-hybridized carbons (Fsp3) is 0.438. The van der Waals surface area contributed by atoms with E-state index in [1.54, 1.807) is 11.3 Å². The van der Waals surface area contributed by atoms with Gasteiger partial charge in [-0.15, -0.1) is 11.3 Å². The third kappa shape index (κ3) is 2.33.